The van der Waals surface area contributed by atoms with E-state index in [4.69, 9.17) is 5.11 Å². The highest BCUT2D eigenvalue weighted by atomic mass is 16.4. The molecule has 0 radical (unpaired) electrons. The van der Waals surface area contributed by atoms with Crippen LogP contribution < -0.4 is 31.9 Å². The highest BCUT2D eigenvalue weighted by molar-refractivity contribution is 5.97. The number of carbonyl (C=O) groups is 6. The average Bonchev–Trinajstić information content (AvgIpc) is 2.90. The van der Waals surface area contributed by atoms with E-state index in [0.29, 0.717) is 76.5 Å². The van der Waals surface area contributed by atoms with Crippen molar-refractivity contribution in [3.63, 3.8) is 0 Å². The number of carboxylic acid groups (broad SMARTS) is 1. The number of rotatable bonds is 25. The van der Waals surface area contributed by atoms with Crippen molar-refractivity contribution in [2.24, 2.45) is 0 Å². The van der Waals surface area contributed by atoms with E-state index in [2.05, 4.69) is 31.9 Å². The van der Waals surface area contributed by atoms with Crippen LogP contribution in [0.5, 0.6) is 0 Å². The number of nitrogens with zero attached hydrogens (tertiary/aromatic N) is 3. The Hall–Kier alpha value is -3.42. The molecule has 1 aliphatic rings. The molecule has 18 heteroatoms. The Kier molecular flexibility index (Phi) is 19.6. The Labute approximate surface area is 270 Å². The van der Waals surface area contributed by atoms with Crippen LogP contribution in [0, 0.1) is 0 Å². The van der Waals surface area contributed by atoms with E-state index in [0.717, 1.165) is 0 Å². The number of likely N-dealkylation sites (tertiary alicyclic amines) is 1. The van der Waals surface area contributed by atoms with Crippen molar-refractivity contribution in [1.29, 1.82) is 0 Å². The van der Waals surface area contributed by atoms with Gasteiger partial charge >= 0.3 is 5.97 Å². The number of carbonyl (C=O) groups excluding carboxylic acids is 5. The fourth-order valence-electron chi connectivity index (χ4n) is 4.95. The third-order valence-electron chi connectivity index (χ3n) is 7.13. The molecular formula is C28H54N9O9+. The predicted molar refractivity (Wildman–Crippen MR) is 167 cm³/mol. The lowest BCUT2D eigenvalue weighted by Crippen LogP contribution is -2.69. The number of aliphatic hydroxyl groups excluding tert-OH is 2. The van der Waals surface area contributed by atoms with Gasteiger partial charge in [0, 0.05) is 52.4 Å². The van der Waals surface area contributed by atoms with Crippen LogP contribution in [-0.4, -0.2) is 190 Å². The molecule has 0 saturated carbocycles. The van der Waals surface area contributed by atoms with Crippen molar-refractivity contribution in [2.45, 2.75) is 31.5 Å². The van der Waals surface area contributed by atoms with Gasteiger partial charge < -0.3 is 61.5 Å². The van der Waals surface area contributed by atoms with Gasteiger partial charge in [0.25, 0.3) is 0 Å². The summed E-state index contributed by atoms with van der Waals surface area (Å²) in [5, 5.41) is 44.6. The SMILES string of the molecule is CN(C)CC(O)CN(C)CCNC(=O)CC(=O)NCC[N+]1(CCNC(=O)CC(=O)NCCNCCNC(=O)CC(=O)O)CC(O)C1. The maximum Gasteiger partial charge on any atom is 0.312 e. The molecule has 0 aromatic carbocycles. The first kappa shape index (κ1) is 40.6. The molecule has 1 aliphatic heterocycles. The van der Waals surface area contributed by atoms with Crippen LogP contribution in [0.1, 0.15) is 19.3 Å². The zero-order valence-corrected chi connectivity index (χ0v) is 27.3. The zero-order valence-electron chi connectivity index (χ0n) is 27.3. The number of hydrogen-bond donors (Lipinski definition) is 9. The van der Waals surface area contributed by atoms with Gasteiger partial charge in [-0.1, -0.05) is 0 Å². The maximum absolute atomic E-state index is 12.3. The fraction of sp³-hybridized carbons (Fsp3) is 0.786. The van der Waals surface area contributed by atoms with Gasteiger partial charge in [-0.25, -0.2) is 0 Å². The highest BCUT2D eigenvalue weighted by Gasteiger charge is 2.42. The molecule has 0 aromatic rings. The number of quaternary nitrogens is 1. The first-order chi connectivity index (χ1) is 21.7. The lowest BCUT2D eigenvalue weighted by molar-refractivity contribution is -0.970. The topological polar surface area (TPSA) is 242 Å². The van der Waals surface area contributed by atoms with Crippen LogP contribution in [0.15, 0.2) is 0 Å². The molecule has 46 heavy (non-hydrogen) atoms. The van der Waals surface area contributed by atoms with E-state index in [1.807, 2.05) is 30.9 Å². The summed E-state index contributed by atoms with van der Waals surface area (Å²) >= 11 is 0. The summed E-state index contributed by atoms with van der Waals surface area (Å²) < 4.78 is 0.481. The number of hydrogen-bond acceptors (Lipinski definition) is 11. The Balaban J connectivity index is 2.18. The molecule has 5 amide bonds. The van der Waals surface area contributed by atoms with Crippen molar-refractivity contribution in [1.82, 2.24) is 41.7 Å². The summed E-state index contributed by atoms with van der Waals surface area (Å²) in [6.07, 6.45) is -2.22. The van der Waals surface area contributed by atoms with Crippen LogP contribution in [0.25, 0.3) is 0 Å². The third-order valence-corrected chi connectivity index (χ3v) is 7.13. The number of likely N-dealkylation sites (N-methyl/N-ethyl adjacent to an activating group) is 2. The fourth-order valence-corrected chi connectivity index (χ4v) is 4.95. The van der Waals surface area contributed by atoms with E-state index in [1.165, 1.54) is 0 Å². The zero-order chi connectivity index (χ0) is 34.5. The van der Waals surface area contributed by atoms with Gasteiger partial charge in [-0.2, -0.15) is 0 Å². The van der Waals surface area contributed by atoms with Crippen LogP contribution in [-0.2, 0) is 28.8 Å². The second kappa shape index (κ2) is 22.2. The van der Waals surface area contributed by atoms with E-state index < -0.39 is 54.1 Å². The van der Waals surface area contributed by atoms with E-state index in [9.17, 15) is 39.0 Å². The minimum Gasteiger partial charge on any atom is -0.481 e. The smallest absolute Gasteiger partial charge is 0.312 e. The van der Waals surface area contributed by atoms with Gasteiger partial charge in [-0.3, -0.25) is 28.8 Å². The summed E-state index contributed by atoms with van der Waals surface area (Å²) in [6.45, 7) is 5.71. The maximum atomic E-state index is 12.3. The summed E-state index contributed by atoms with van der Waals surface area (Å²) in [5.41, 5.74) is 0. The molecule has 18 nitrogen and oxygen atoms in total. The number of aliphatic hydroxyl groups is 2. The molecule has 1 saturated heterocycles. The predicted octanol–water partition coefficient (Wildman–Crippen LogP) is -5.54. The van der Waals surface area contributed by atoms with Crippen molar-refractivity contribution in [3.05, 3.63) is 0 Å². The molecule has 1 atom stereocenters. The van der Waals surface area contributed by atoms with Gasteiger partial charge in [0.1, 0.15) is 32.4 Å². The number of nitrogens with one attached hydrogen (secondary N) is 6. The summed E-state index contributed by atoms with van der Waals surface area (Å²) in [7, 11) is 5.60. The van der Waals surface area contributed by atoms with E-state index >= 15 is 0 Å². The van der Waals surface area contributed by atoms with Gasteiger partial charge in [0.05, 0.1) is 32.3 Å². The molecule has 1 unspecified atom stereocenters. The average molecular weight is 661 g/mol. The van der Waals surface area contributed by atoms with Crippen molar-refractivity contribution < 1.29 is 48.6 Å². The second-order valence-electron chi connectivity index (χ2n) is 11.9. The van der Waals surface area contributed by atoms with Gasteiger partial charge in [-0.15, -0.1) is 0 Å². The van der Waals surface area contributed by atoms with Crippen molar-refractivity contribution >= 4 is 35.5 Å². The standard InChI is InChI=1S/C28H53N9O9/c1-35(2)17-21(38)18-36(3)11-8-32-24(41)15-26(43)34-10-13-37(19-22(39)20-37)12-9-33-25(42)14-23(40)30-6-4-29-5-7-31-27(44)16-28(45)46/h21-22,29,38-39H,4-20H2,1-3H3,(H5-,30,31,32,33,34,40,41,42,43,44,45,46)/p+1. The molecule has 0 aliphatic carbocycles. The Bertz CT molecular complexity index is 994. The summed E-state index contributed by atoms with van der Waals surface area (Å²) in [6, 6.07) is 0. The van der Waals surface area contributed by atoms with Gasteiger partial charge in [0.2, 0.25) is 29.5 Å². The monoisotopic (exact) mass is 660 g/mol. The minimum atomic E-state index is -1.21. The van der Waals surface area contributed by atoms with Crippen molar-refractivity contribution in [2.75, 3.05) is 113 Å². The lowest BCUT2D eigenvalue weighted by Gasteiger charge is -2.48. The molecule has 1 rings (SSSR count). The van der Waals surface area contributed by atoms with E-state index in [-0.39, 0.29) is 32.5 Å². The molecule has 9 N–H and O–H groups in total. The molecule has 1 fully saturated rings. The molecular weight excluding hydrogens is 606 g/mol. The molecule has 0 bridgehead atoms. The second-order valence-corrected chi connectivity index (χ2v) is 11.9. The van der Waals surface area contributed by atoms with Gasteiger partial charge in [-0.05, 0) is 21.1 Å². The molecule has 264 valence electrons. The lowest BCUT2D eigenvalue weighted by atomic mass is 10.1. The van der Waals surface area contributed by atoms with Crippen LogP contribution in [0.4, 0.5) is 0 Å². The summed E-state index contributed by atoms with van der Waals surface area (Å²) in [4.78, 5) is 74.0. The van der Waals surface area contributed by atoms with E-state index in [1.54, 1.807) is 0 Å². The third kappa shape index (κ3) is 19.9. The van der Waals surface area contributed by atoms with Gasteiger partial charge in [0.15, 0.2) is 6.10 Å². The van der Waals surface area contributed by atoms with Crippen molar-refractivity contribution in [3.8, 4) is 0 Å². The Morgan fingerprint density at radius 3 is 1.54 bits per heavy atom. The van der Waals surface area contributed by atoms with Crippen LogP contribution >= 0.6 is 0 Å². The molecule has 0 aromatic heterocycles. The first-order valence-electron chi connectivity index (χ1n) is 15.5. The normalized spacial score (nSPS) is 17.9. The Morgan fingerprint density at radius 2 is 1.11 bits per heavy atom. The van der Waals surface area contributed by atoms with Crippen LogP contribution in [0.3, 0.4) is 0 Å². The molecule has 1 heterocycles. The summed E-state index contributed by atoms with van der Waals surface area (Å²) in [5.74, 6) is -3.49. The van der Waals surface area contributed by atoms with Crippen LogP contribution in [0.2, 0.25) is 0 Å². The number of aliphatic carboxylic acids is 1. The first-order valence-corrected chi connectivity index (χ1v) is 15.5. The number of amides is 5. The minimum absolute atomic E-state index is 0.243. The molecule has 0 spiro atoms. The quantitative estimate of drug-likeness (QED) is 0.0253. The largest absolute Gasteiger partial charge is 0.481 e. The Morgan fingerprint density at radius 1 is 0.674 bits per heavy atom. The highest BCUT2D eigenvalue weighted by Crippen LogP contribution is 2.19. The number of carboxylic acids is 1.